The van der Waals surface area contributed by atoms with Crippen LogP contribution in [0, 0.1) is 19.8 Å². The van der Waals surface area contributed by atoms with Gasteiger partial charge in [0.2, 0.25) is 0 Å². The van der Waals surface area contributed by atoms with Crippen molar-refractivity contribution in [3.05, 3.63) is 94.0 Å². The molecule has 10 heteroatoms. The molecule has 0 aliphatic carbocycles. The molecule has 0 radical (unpaired) electrons. The van der Waals surface area contributed by atoms with Crippen LogP contribution in [0.1, 0.15) is 55.8 Å². The minimum Gasteiger partial charge on any atom is -0.481 e. The van der Waals surface area contributed by atoms with Gasteiger partial charge in [-0.1, -0.05) is 30.3 Å². The van der Waals surface area contributed by atoms with Gasteiger partial charge in [0.05, 0.1) is 30.0 Å². The molecule has 1 heterocycles. The average Bonchev–Trinajstić information content (AvgIpc) is 2.99. The molecule has 2 amide bonds. The second kappa shape index (κ2) is 14.7. The van der Waals surface area contributed by atoms with Crippen molar-refractivity contribution in [3.8, 4) is 0 Å². The molecule has 1 saturated heterocycles. The number of nitrogens with one attached hydrogen (secondary N) is 2. The number of carboxylic acids is 1. The number of piperidine rings is 1. The molecule has 4 N–H and O–H groups in total. The topological polar surface area (TPSA) is 131 Å². The number of hydrogen-bond donors (Lipinski definition) is 4. The maximum atomic E-state index is 13.4. The first-order chi connectivity index (χ1) is 20.2. The molecule has 0 saturated carbocycles. The van der Waals surface area contributed by atoms with Crippen LogP contribution in [0.2, 0.25) is 0 Å². The van der Waals surface area contributed by atoms with E-state index in [2.05, 4.69) is 15.8 Å². The lowest BCUT2D eigenvalue weighted by atomic mass is 9.97. The normalized spacial score (nSPS) is 15.0. The quantitative estimate of drug-likeness (QED) is 0.143. The lowest BCUT2D eigenvalue weighted by Crippen LogP contribution is -2.38. The monoisotopic (exact) mass is 588 g/mol. The predicted octanol–water partition coefficient (Wildman–Crippen LogP) is 4.85. The van der Waals surface area contributed by atoms with E-state index in [9.17, 15) is 19.5 Å². The first kappa shape index (κ1) is 30.8. The zero-order chi connectivity index (χ0) is 30.1. The van der Waals surface area contributed by atoms with Crippen molar-refractivity contribution in [1.82, 2.24) is 5.43 Å². The van der Waals surface area contributed by atoms with Crippen molar-refractivity contribution in [2.45, 2.75) is 32.4 Å². The lowest BCUT2D eigenvalue weighted by molar-refractivity contribution is -0.141. The number of aliphatic hydroxyl groups is 1. The molecule has 1 aliphatic rings. The molecule has 9 nitrogen and oxygen atoms in total. The minimum absolute atomic E-state index is 0.0920. The number of rotatable bonds is 11. The van der Waals surface area contributed by atoms with Gasteiger partial charge in [0.25, 0.3) is 11.8 Å². The molecule has 1 atom stereocenters. The molecule has 1 aliphatic heterocycles. The van der Waals surface area contributed by atoms with Gasteiger partial charge in [-0.2, -0.15) is 16.9 Å². The van der Waals surface area contributed by atoms with Crippen molar-refractivity contribution in [3.63, 3.8) is 0 Å². The number of nitrogens with zero attached hydrogens (tertiary/aromatic N) is 2. The van der Waals surface area contributed by atoms with Crippen LogP contribution >= 0.6 is 11.8 Å². The number of carboxylic acid groups (broad SMARTS) is 1. The van der Waals surface area contributed by atoms with Crippen molar-refractivity contribution in [2.24, 2.45) is 11.0 Å². The molecular weight excluding hydrogens is 552 g/mol. The molecule has 4 rings (SSSR count). The van der Waals surface area contributed by atoms with E-state index in [1.54, 1.807) is 54.4 Å². The first-order valence-electron chi connectivity index (χ1n) is 13.9. The van der Waals surface area contributed by atoms with Gasteiger partial charge >= 0.3 is 5.97 Å². The van der Waals surface area contributed by atoms with Crippen LogP contribution in [0.4, 0.5) is 11.4 Å². The number of carbonyl (C=O) groups is 3. The van der Waals surface area contributed by atoms with Crippen molar-refractivity contribution in [2.75, 3.05) is 35.7 Å². The molecule has 42 heavy (non-hydrogen) atoms. The summed E-state index contributed by atoms with van der Waals surface area (Å²) in [6, 6.07) is 18.2. The molecular formula is C32H36N4O5S. The van der Waals surface area contributed by atoms with Gasteiger partial charge in [0, 0.05) is 35.8 Å². The fourth-order valence-electron chi connectivity index (χ4n) is 4.76. The standard InChI is InChI=1S/C32H36N4O5S/c1-21-8-9-23(15-22(21)2)18-33-35-31(39)28-17-27(36-12-4-7-26(19-36)32(40)41)10-11-29(28)34-30(38)25-6-3-5-24(16-25)20-42-14-13-37/h3,5-6,8-11,15-18,26,37H,4,7,12-14,19-20H2,1-2H3,(H,34,38)(H,35,39)(H,40,41)/b33-18+. The summed E-state index contributed by atoms with van der Waals surface area (Å²) in [5, 5.41) is 25.6. The Bertz CT molecular complexity index is 1480. The molecule has 0 spiro atoms. The number of thioether (sulfide) groups is 1. The summed E-state index contributed by atoms with van der Waals surface area (Å²) >= 11 is 1.57. The first-order valence-corrected chi connectivity index (χ1v) is 15.0. The fraction of sp³-hybridized carbons (Fsp3) is 0.312. The van der Waals surface area contributed by atoms with Crippen molar-refractivity contribution < 1.29 is 24.6 Å². The number of hydrazone groups is 1. The third-order valence-corrected chi connectivity index (χ3v) is 8.24. The van der Waals surface area contributed by atoms with E-state index in [4.69, 9.17) is 5.11 Å². The zero-order valence-corrected chi connectivity index (χ0v) is 24.6. The Balaban J connectivity index is 1.58. The summed E-state index contributed by atoms with van der Waals surface area (Å²) in [4.78, 5) is 40.2. The predicted molar refractivity (Wildman–Crippen MR) is 168 cm³/mol. The largest absolute Gasteiger partial charge is 0.481 e. The van der Waals surface area contributed by atoms with Gasteiger partial charge in [0.15, 0.2) is 0 Å². The highest BCUT2D eigenvalue weighted by Gasteiger charge is 2.26. The van der Waals surface area contributed by atoms with E-state index in [1.165, 1.54) is 0 Å². The summed E-state index contributed by atoms with van der Waals surface area (Å²) in [6.07, 6.45) is 2.90. The van der Waals surface area contributed by atoms with Crippen LogP contribution in [0.3, 0.4) is 0 Å². The minimum atomic E-state index is -0.834. The number of aryl methyl sites for hydroxylation is 2. The van der Waals surface area contributed by atoms with Crippen LogP contribution in [-0.4, -0.2) is 59.7 Å². The summed E-state index contributed by atoms with van der Waals surface area (Å²) in [5.41, 5.74) is 8.31. The second-order valence-corrected chi connectivity index (χ2v) is 11.4. The SMILES string of the molecule is Cc1ccc(/C=N/NC(=O)c2cc(N3CCCC(C(=O)O)C3)ccc2NC(=O)c2cccc(CSCCO)c2)cc1C. The van der Waals surface area contributed by atoms with E-state index < -0.39 is 17.8 Å². The Kier molecular flexibility index (Phi) is 10.7. The van der Waals surface area contributed by atoms with Gasteiger partial charge in [-0.25, -0.2) is 5.43 Å². The second-order valence-electron chi connectivity index (χ2n) is 10.3. The summed E-state index contributed by atoms with van der Waals surface area (Å²) < 4.78 is 0. The fourth-order valence-corrected chi connectivity index (χ4v) is 5.45. The molecule has 0 aromatic heterocycles. The molecule has 220 valence electrons. The molecule has 1 unspecified atom stereocenters. The van der Waals surface area contributed by atoms with E-state index in [0.29, 0.717) is 48.0 Å². The van der Waals surface area contributed by atoms with Crippen molar-refractivity contribution >= 4 is 47.1 Å². The summed E-state index contributed by atoms with van der Waals surface area (Å²) in [7, 11) is 0. The Labute approximate surface area is 250 Å². The van der Waals surface area contributed by atoms with Crippen LogP contribution in [0.5, 0.6) is 0 Å². The highest BCUT2D eigenvalue weighted by Crippen LogP contribution is 2.28. The molecule has 3 aromatic carbocycles. The maximum absolute atomic E-state index is 13.4. The van der Waals surface area contributed by atoms with Gasteiger partial charge < -0.3 is 20.4 Å². The van der Waals surface area contributed by atoms with E-state index in [-0.39, 0.29) is 18.1 Å². The Morgan fingerprint density at radius 3 is 2.64 bits per heavy atom. The number of benzene rings is 3. The van der Waals surface area contributed by atoms with Crippen molar-refractivity contribution in [1.29, 1.82) is 0 Å². The highest BCUT2D eigenvalue weighted by atomic mass is 32.2. The third-order valence-electron chi connectivity index (χ3n) is 7.24. The van der Waals surface area contributed by atoms with E-state index in [1.807, 2.05) is 43.0 Å². The van der Waals surface area contributed by atoms with E-state index in [0.717, 1.165) is 28.7 Å². The smallest absolute Gasteiger partial charge is 0.308 e. The van der Waals surface area contributed by atoms with Crippen LogP contribution in [0.25, 0.3) is 0 Å². The van der Waals surface area contributed by atoms with Crippen LogP contribution < -0.4 is 15.6 Å². The van der Waals surface area contributed by atoms with Gasteiger partial charge in [-0.15, -0.1) is 0 Å². The van der Waals surface area contributed by atoms with E-state index >= 15 is 0 Å². The van der Waals surface area contributed by atoms with Gasteiger partial charge in [-0.05, 0) is 79.3 Å². The number of amides is 2. The van der Waals surface area contributed by atoms with Gasteiger partial charge in [-0.3, -0.25) is 14.4 Å². The Morgan fingerprint density at radius 1 is 1.05 bits per heavy atom. The third kappa shape index (κ3) is 8.20. The number of carbonyl (C=O) groups excluding carboxylic acids is 2. The Hall–Kier alpha value is -4.15. The van der Waals surface area contributed by atoms with Crippen LogP contribution in [0.15, 0.2) is 65.8 Å². The number of aliphatic carboxylic acids is 1. The molecule has 0 bridgehead atoms. The lowest BCUT2D eigenvalue weighted by Gasteiger charge is -2.33. The maximum Gasteiger partial charge on any atom is 0.308 e. The molecule has 3 aromatic rings. The average molecular weight is 589 g/mol. The summed E-state index contributed by atoms with van der Waals surface area (Å²) in [6.45, 7) is 5.13. The Morgan fingerprint density at radius 2 is 1.88 bits per heavy atom. The zero-order valence-electron chi connectivity index (χ0n) is 23.8. The number of anilines is 2. The molecule has 1 fully saturated rings. The highest BCUT2D eigenvalue weighted by molar-refractivity contribution is 7.98. The summed E-state index contributed by atoms with van der Waals surface area (Å²) in [5.74, 6) is -0.922. The van der Waals surface area contributed by atoms with Gasteiger partial charge in [0.1, 0.15) is 0 Å². The number of hydrogen-bond acceptors (Lipinski definition) is 7. The van der Waals surface area contributed by atoms with Crippen LogP contribution in [-0.2, 0) is 10.5 Å². The number of aliphatic hydroxyl groups excluding tert-OH is 1.